The average Bonchev–Trinajstić information content (AvgIpc) is 2.69. The van der Waals surface area contributed by atoms with Crippen molar-refractivity contribution in [3.8, 4) is 0 Å². The van der Waals surface area contributed by atoms with Gasteiger partial charge in [0.25, 0.3) is 7.48 Å². The number of carboxylic acids is 1. The molecule has 0 saturated carbocycles. The molecule has 5 nitrogen and oxygen atoms in total. The summed E-state index contributed by atoms with van der Waals surface area (Å²) in [5.41, 5.74) is 3.16. The summed E-state index contributed by atoms with van der Waals surface area (Å²) < 4.78 is 0. The Morgan fingerprint density at radius 3 is 2.35 bits per heavy atom. The molecule has 3 rings (SSSR count). The number of hydrogen-bond acceptors (Lipinski definition) is 4. The molecule has 1 aromatic carbocycles. The Morgan fingerprint density at radius 2 is 1.81 bits per heavy atom. The van der Waals surface area contributed by atoms with Crippen molar-refractivity contribution in [2.45, 2.75) is 57.3 Å². The largest absolute Gasteiger partial charge is 0.480 e. The predicted molar refractivity (Wildman–Crippen MR) is 106 cm³/mol. The maximum Gasteiger partial charge on any atom is 0.320 e. The summed E-state index contributed by atoms with van der Waals surface area (Å²) in [5, 5.41) is 23.9. The number of rotatable bonds is 7. The van der Waals surface area contributed by atoms with Crippen LogP contribution in [-0.2, 0) is 17.6 Å². The van der Waals surface area contributed by atoms with E-state index in [1.807, 2.05) is 0 Å². The van der Waals surface area contributed by atoms with E-state index in [0.29, 0.717) is 12.9 Å². The van der Waals surface area contributed by atoms with Crippen molar-refractivity contribution >= 4 is 13.5 Å². The second kappa shape index (κ2) is 12.1. The molecule has 1 saturated heterocycles. The van der Waals surface area contributed by atoms with Crippen LogP contribution < -0.4 is 10.6 Å². The van der Waals surface area contributed by atoms with Gasteiger partial charge in [-0.25, -0.2) is 0 Å². The van der Waals surface area contributed by atoms with Gasteiger partial charge in [-0.2, -0.15) is 0 Å². The van der Waals surface area contributed by atoms with Gasteiger partial charge in [-0.15, -0.1) is 0 Å². The average molecular weight is 359 g/mol. The number of carboxylic acid groups (broad SMARTS) is 1. The molecular weight excluding hydrogens is 327 g/mol. The predicted octanol–water partition coefficient (Wildman–Crippen LogP) is 2.01. The third-order valence-corrected chi connectivity index (χ3v) is 5.26. The monoisotopic (exact) mass is 359 g/mol. The van der Waals surface area contributed by atoms with Gasteiger partial charge in [-0.3, -0.25) is 4.79 Å². The molecule has 0 spiro atoms. The highest BCUT2D eigenvalue weighted by Crippen LogP contribution is 2.19. The molecule has 1 heterocycles. The highest BCUT2D eigenvalue weighted by atomic mass is 16.4. The fourth-order valence-corrected chi connectivity index (χ4v) is 3.76. The molecule has 1 unspecified atom stereocenters. The van der Waals surface area contributed by atoms with Crippen molar-refractivity contribution in [1.82, 2.24) is 10.6 Å². The first-order valence-corrected chi connectivity index (χ1v) is 9.92. The fraction of sp³-hybridized carbons (Fsp3) is 0.650. The molecule has 1 aromatic rings. The molecule has 0 bridgehead atoms. The summed E-state index contributed by atoms with van der Waals surface area (Å²) in [4.78, 5) is 11.1. The van der Waals surface area contributed by atoms with Gasteiger partial charge in [0.15, 0.2) is 0 Å². The second-order valence-electron chi connectivity index (χ2n) is 7.16. The molecule has 1 aliphatic carbocycles. The Labute approximate surface area is 157 Å². The topological polar surface area (TPSA) is 81.6 Å². The molecule has 2 aliphatic rings. The lowest BCUT2D eigenvalue weighted by atomic mass is 9.89. The molecule has 1 radical (unpaired) electrons. The van der Waals surface area contributed by atoms with Crippen molar-refractivity contribution < 1.29 is 14.9 Å². The Bertz CT molecular complexity index is 511. The van der Waals surface area contributed by atoms with E-state index >= 15 is 0 Å². The maximum atomic E-state index is 11.1. The van der Waals surface area contributed by atoms with Gasteiger partial charge in [-0.1, -0.05) is 30.6 Å². The lowest BCUT2D eigenvalue weighted by molar-refractivity contribution is -0.141. The SMILES string of the molecule is O=C(O)C(NCCC[B]O)C1CCNCC1.c1ccc2c(c1)CCCC2. The highest BCUT2D eigenvalue weighted by molar-refractivity contribution is 6.25. The zero-order chi connectivity index (χ0) is 18.6. The van der Waals surface area contributed by atoms with Gasteiger partial charge in [0.1, 0.15) is 6.04 Å². The zero-order valence-corrected chi connectivity index (χ0v) is 15.6. The fourth-order valence-electron chi connectivity index (χ4n) is 3.76. The van der Waals surface area contributed by atoms with Crippen LogP contribution in [-0.4, -0.2) is 49.3 Å². The number of benzene rings is 1. The van der Waals surface area contributed by atoms with E-state index in [9.17, 15) is 4.79 Å². The first-order chi connectivity index (χ1) is 12.7. The summed E-state index contributed by atoms with van der Waals surface area (Å²) in [7, 11) is 1.11. The van der Waals surface area contributed by atoms with Crippen LogP contribution in [0.5, 0.6) is 0 Å². The van der Waals surface area contributed by atoms with Gasteiger partial charge in [0.05, 0.1) is 0 Å². The number of fused-ring (bicyclic) bond motifs is 1. The molecule has 1 aliphatic heterocycles. The summed E-state index contributed by atoms with van der Waals surface area (Å²) >= 11 is 0. The first-order valence-electron chi connectivity index (χ1n) is 9.92. The number of piperidine rings is 1. The number of carbonyl (C=O) groups is 1. The minimum Gasteiger partial charge on any atom is -0.480 e. The minimum atomic E-state index is -0.764. The van der Waals surface area contributed by atoms with Gasteiger partial charge in [-0.05, 0) is 81.6 Å². The van der Waals surface area contributed by atoms with Gasteiger partial charge < -0.3 is 20.8 Å². The van der Waals surface area contributed by atoms with E-state index in [1.165, 1.54) is 25.7 Å². The van der Waals surface area contributed by atoms with Crippen molar-refractivity contribution in [3.63, 3.8) is 0 Å². The number of aliphatic carboxylic acids is 1. The lowest BCUT2D eigenvalue weighted by Gasteiger charge is -2.28. The van der Waals surface area contributed by atoms with Crippen LogP contribution in [0.4, 0.5) is 0 Å². The summed E-state index contributed by atoms with van der Waals surface area (Å²) in [6.45, 7) is 2.44. The van der Waals surface area contributed by atoms with Gasteiger partial charge >= 0.3 is 5.97 Å². The standard InChI is InChI=1S/C10H20BN2O3.C10H12/c14-10(15)9(13-5-1-4-11-16)8-2-6-12-7-3-8;1-2-6-10-8-4-3-7-9(10)5-1/h8-9,12-13,16H,1-7H2,(H,14,15);1-2,5-6H,3-4,7-8H2. The molecule has 1 fully saturated rings. The van der Waals surface area contributed by atoms with E-state index in [1.54, 1.807) is 11.1 Å². The van der Waals surface area contributed by atoms with Crippen molar-refractivity contribution in [1.29, 1.82) is 0 Å². The Kier molecular flexibility index (Phi) is 9.75. The van der Waals surface area contributed by atoms with Crippen LogP contribution in [0.3, 0.4) is 0 Å². The molecule has 4 N–H and O–H groups in total. The molecule has 0 amide bonds. The molecule has 6 heteroatoms. The maximum absolute atomic E-state index is 11.1. The lowest BCUT2D eigenvalue weighted by Crippen LogP contribution is -2.47. The Balaban J connectivity index is 0.000000206. The summed E-state index contributed by atoms with van der Waals surface area (Å²) in [6.07, 6.45) is 8.57. The van der Waals surface area contributed by atoms with Crippen molar-refractivity contribution in [2.75, 3.05) is 19.6 Å². The third kappa shape index (κ3) is 7.10. The molecule has 0 aromatic heterocycles. The van der Waals surface area contributed by atoms with Crippen LogP contribution in [0, 0.1) is 5.92 Å². The van der Waals surface area contributed by atoms with E-state index in [2.05, 4.69) is 34.9 Å². The Hall–Kier alpha value is -1.37. The van der Waals surface area contributed by atoms with Gasteiger partial charge in [0, 0.05) is 0 Å². The number of hydrogen-bond donors (Lipinski definition) is 4. The van der Waals surface area contributed by atoms with E-state index in [-0.39, 0.29) is 5.92 Å². The van der Waals surface area contributed by atoms with Crippen molar-refractivity contribution in [3.05, 3.63) is 35.4 Å². The quantitative estimate of drug-likeness (QED) is 0.442. The van der Waals surface area contributed by atoms with Crippen LogP contribution in [0.15, 0.2) is 24.3 Å². The van der Waals surface area contributed by atoms with Crippen LogP contribution >= 0.6 is 0 Å². The third-order valence-electron chi connectivity index (χ3n) is 5.26. The van der Waals surface area contributed by atoms with Crippen LogP contribution in [0.1, 0.15) is 43.2 Å². The summed E-state index contributed by atoms with van der Waals surface area (Å²) in [5.74, 6) is -0.545. The van der Waals surface area contributed by atoms with E-state index < -0.39 is 12.0 Å². The number of nitrogens with one attached hydrogen (secondary N) is 2. The number of aryl methyl sites for hydroxylation is 2. The molecule has 1 atom stereocenters. The van der Waals surface area contributed by atoms with Crippen molar-refractivity contribution in [2.24, 2.45) is 5.92 Å². The molecule has 26 heavy (non-hydrogen) atoms. The zero-order valence-electron chi connectivity index (χ0n) is 15.6. The van der Waals surface area contributed by atoms with E-state index in [0.717, 1.165) is 39.8 Å². The molecule has 143 valence electrons. The first kappa shape index (κ1) is 20.9. The van der Waals surface area contributed by atoms with Crippen LogP contribution in [0.2, 0.25) is 6.32 Å². The van der Waals surface area contributed by atoms with Crippen LogP contribution in [0.25, 0.3) is 0 Å². The summed E-state index contributed by atoms with van der Waals surface area (Å²) in [6, 6.07) is 8.36. The highest BCUT2D eigenvalue weighted by Gasteiger charge is 2.28. The molecular formula is C20H32BN2O3. The van der Waals surface area contributed by atoms with E-state index in [4.69, 9.17) is 10.1 Å². The van der Waals surface area contributed by atoms with Gasteiger partial charge in [0.2, 0.25) is 0 Å². The Morgan fingerprint density at radius 1 is 1.19 bits per heavy atom. The minimum absolute atomic E-state index is 0.219. The second-order valence-corrected chi connectivity index (χ2v) is 7.16. The normalized spacial score (nSPS) is 18.2. The smallest absolute Gasteiger partial charge is 0.320 e.